The molecule has 1 heterocycles. The van der Waals surface area contributed by atoms with Gasteiger partial charge >= 0.3 is 0 Å². The highest BCUT2D eigenvalue weighted by atomic mass is 32.2. The van der Waals surface area contributed by atoms with E-state index in [9.17, 15) is 13.2 Å². The van der Waals surface area contributed by atoms with Crippen molar-refractivity contribution in [2.75, 3.05) is 6.54 Å². The monoisotopic (exact) mass is 299 g/mol. The van der Waals surface area contributed by atoms with Crippen LogP contribution in [0.4, 0.5) is 0 Å². The van der Waals surface area contributed by atoms with Crippen molar-refractivity contribution in [1.82, 2.24) is 4.31 Å². The van der Waals surface area contributed by atoms with Crippen molar-refractivity contribution in [3.8, 4) is 0 Å². The largest absolute Gasteiger partial charge is 0.299 e. The summed E-state index contributed by atoms with van der Waals surface area (Å²) < 4.78 is 27.5. The van der Waals surface area contributed by atoms with E-state index < -0.39 is 10.0 Å². The minimum atomic E-state index is -3.19. The molecule has 4 nitrogen and oxygen atoms in total. The number of ketones is 1. The summed E-state index contributed by atoms with van der Waals surface area (Å²) in [6.07, 6.45) is 9.12. The van der Waals surface area contributed by atoms with Gasteiger partial charge < -0.3 is 0 Å². The summed E-state index contributed by atoms with van der Waals surface area (Å²) in [6, 6.07) is -0.0306. The third-order valence-corrected chi connectivity index (χ3v) is 7.79. The minimum Gasteiger partial charge on any atom is -0.299 e. The molecule has 5 heteroatoms. The second kappa shape index (κ2) is 5.76. The van der Waals surface area contributed by atoms with Gasteiger partial charge in [-0.25, -0.2) is 8.42 Å². The SMILES string of the molecule is O=C1CCCC1C1CCCN1S(=O)(=O)C1CCCCC1. The zero-order valence-electron chi connectivity index (χ0n) is 12.1. The van der Waals surface area contributed by atoms with Crippen LogP contribution in [0.15, 0.2) is 0 Å². The Kier molecular flexibility index (Phi) is 4.18. The Morgan fingerprint density at radius 3 is 2.30 bits per heavy atom. The molecule has 1 aliphatic heterocycles. The van der Waals surface area contributed by atoms with Crippen LogP contribution in [0.3, 0.4) is 0 Å². The predicted molar refractivity (Wildman–Crippen MR) is 77.9 cm³/mol. The van der Waals surface area contributed by atoms with Gasteiger partial charge in [-0.3, -0.25) is 4.79 Å². The summed E-state index contributed by atoms with van der Waals surface area (Å²) in [5, 5.41) is -0.187. The number of carbonyl (C=O) groups excluding carboxylic acids is 1. The number of sulfonamides is 1. The second-order valence-electron chi connectivity index (χ2n) is 6.59. The maximum absolute atomic E-state index is 12.9. The van der Waals surface area contributed by atoms with Crippen LogP contribution < -0.4 is 0 Å². The topological polar surface area (TPSA) is 54.5 Å². The Hall–Kier alpha value is -0.420. The molecule has 3 aliphatic rings. The predicted octanol–water partition coefficient (Wildman–Crippen LogP) is 2.48. The van der Waals surface area contributed by atoms with Gasteiger partial charge in [0.25, 0.3) is 0 Å². The van der Waals surface area contributed by atoms with Crippen LogP contribution >= 0.6 is 0 Å². The molecule has 0 amide bonds. The molecule has 20 heavy (non-hydrogen) atoms. The standard InChI is InChI=1S/C15H25NO3S/c17-15-10-4-8-13(15)14-9-5-11-16(14)20(18,19)12-6-2-1-3-7-12/h12-14H,1-11H2. The van der Waals surface area contributed by atoms with Crippen LogP contribution in [0.1, 0.15) is 64.2 Å². The third-order valence-electron chi connectivity index (χ3n) is 5.36. The molecule has 3 rings (SSSR count). The first-order valence-corrected chi connectivity index (χ1v) is 9.64. The number of hydrogen-bond donors (Lipinski definition) is 0. The van der Waals surface area contributed by atoms with E-state index in [1.54, 1.807) is 4.31 Å². The molecular formula is C15H25NO3S. The van der Waals surface area contributed by atoms with Gasteiger partial charge in [-0.1, -0.05) is 19.3 Å². The molecule has 0 aromatic rings. The van der Waals surface area contributed by atoms with Gasteiger partial charge in [0.2, 0.25) is 10.0 Å². The Morgan fingerprint density at radius 2 is 1.65 bits per heavy atom. The van der Waals surface area contributed by atoms with Crippen molar-refractivity contribution < 1.29 is 13.2 Å². The smallest absolute Gasteiger partial charge is 0.217 e. The van der Waals surface area contributed by atoms with E-state index in [0.717, 1.165) is 57.8 Å². The first-order valence-electron chi connectivity index (χ1n) is 8.14. The first-order chi connectivity index (χ1) is 9.60. The fraction of sp³-hybridized carbons (Fsp3) is 0.933. The highest BCUT2D eigenvalue weighted by molar-refractivity contribution is 7.89. The fourth-order valence-electron chi connectivity index (χ4n) is 4.29. The molecule has 0 N–H and O–H groups in total. The Bertz CT molecular complexity index is 468. The Balaban J connectivity index is 1.78. The van der Waals surface area contributed by atoms with Gasteiger partial charge in [0.15, 0.2) is 0 Å². The zero-order chi connectivity index (χ0) is 14.2. The lowest BCUT2D eigenvalue weighted by atomic mass is 9.96. The quantitative estimate of drug-likeness (QED) is 0.804. The van der Waals surface area contributed by atoms with E-state index in [1.165, 1.54) is 0 Å². The molecule has 0 aromatic heterocycles. The molecule has 3 fully saturated rings. The number of rotatable bonds is 3. The highest BCUT2D eigenvalue weighted by Crippen LogP contribution is 2.37. The minimum absolute atomic E-state index is 0.0177. The molecular weight excluding hydrogens is 274 g/mol. The summed E-state index contributed by atoms with van der Waals surface area (Å²) in [6.45, 7) is 0.632. The van der Waals surface area contributed by atoms with Gasteiger partial charge in [0, 0.05) is 24.9 Å². The molecule has 0 radical (unpaired) electrons. The summed E-state index contributed by atoms with van der Waals surface area (Å²) in [5.74, 6) is 0.275. The van der Waals surface area contributed by atoms with Crippen molar-refractivity contribution >= 4 is 15.8 Å². The molecule has 114 valence electrons. The first kappa shape index (κ1) is 14.5. The Labute approximate surface area is 122 Å². The molecule has 0 aromatic carbocycles. The van der Waals surface area contributed by atoms with Crippen molar-refractivity contribution in [2.24, 2.45) is 5.92 Å². The molecule has 2 unspecified atom stereocenters. The van der Waals surface area contributed by atoms with Crippen LogP contribution in [0, 0.1) is 5.92 Å². The van der Waals surface area contributed by atoms with E-state index in [-0.39, 0.29) is 17.2 Å². The summed E-state index contributed by atoms with van der Waals surface area (Å²) >= 11 is 0. The van der Waals surface area contributed by atoms with Crippen molar-refractivity contribution in [3.05, 3.63) is 0 Å². The summed E-state index contributed by atoms with van der Waals surface area (Å²) in [4.78, 5) is 12.0. The molecule has 0 spiro atoms. The summed E-state index contributed by atoms with van der Waals surface area (Å²) in [7, 11) is -3.19. The lowest BCUT2D eigenvalue weighted by Crippen LogP contribution is -2.46. The zero-order valence-corrected chi connectivity index (χ0v) is 12.9. The number of Topliss-reactive ketones (excluding diaryl/α,β-unsaturated/α-hetero) is 1. The average Bonchev–Trinajstić information content (AvgIpc) is 3.08. The molecule has 1 saturated heterocycles. The van der Waals surface area contributed by atoms with E-state index in [1.807, 2.05) is 0 Å². The lowest BCUT2D eigenvalue weighted by molar-refractivity contribution is -0.121. The van der Waals surface area contributed by atoms with Crippen LogP contribution in [0.2, 0.25) is 0 Å². The lowest BCUT2D eigenvalue weighted by Gasteiger charge is -2.32. The number of hydrogen-bond acceptors (Lipinski definition) is 3. The van der Waals surface area contributed by atoms with Crippen LogP contribution in [-0.2, 0) is 14.8 Å². The van der Waals surface area contributed by atoms with E-state index in [0.29, 0.717) is 18.7 Å². The van der Waals surface area contributed by atoms with E-state index >= 15 is 0 Å². The van der Waals surface area contributed by atoms with E-state index in [2.05, 4.69) is 0 Å². The van der Waals surface area contributed by atoms with Gasteiger partial charge in [-0.15, -0.1) is 0 Å². The number of nitrogens with zero attached hydrogens (tertiary/aromatic N) is 1. The number of carbonyl (C=O) groups is 1. The molecule has 2 saturated carbocycles. The maximum atomic E-state index is 12.9. The van der Waals surface area contributed by atoms with Crippen LogP contribution in [0.5, 0.6) is 0 Å². The molecule has 2 aliphatic carbocycles. The van der Waals surface area contributed by atoms with Crippen LogP contribution in [-0.4, -0.2) is 36.3 Å². The third kappa shape index (κ3) is 2.54. The summed E-state index contributed by atoms with van der Waals surface area (Å²) in [5.41, 5.74) is 0. The van der Waals surface area contributed by atoms with E-state index in [4.69, 9.17) is 0 Å². The highest BCUT2D eigenvalue weighted by Gasteiger charge is 2.45. The van der Waals surface area contributed by atoms with Gasteiger partial charge in [0.1, 0.15) is 5.78 Å². The van der Waals surface area contributed by atoms with Gasteiger partial charge in [-0.2, -0.15) is 4.31 Å². The fourth-order valence-corrected chi connectivity index (χ4v) is 6.61. The molecule has 0 bridgehead atoms. The second-order valence-corrected chi connectivity index (χ2v) is 8.76. The van der Waals surface area contributed by atoms with Crippen molar-refractivity contribution in [2.45, 2.75) is 75.5 Å². The Morgan fingerprint density at radius 1 is 0.900 bits per heavy atom. The van der Waals surface area contributed by atoms with Crippen molar-refractivity contribution in [3.63, 3.8) is 0 Å². The molecule has 2 atom stereocenters. The average molecular weight is 299 g/mol. The van der Waals surface area contributed by atoms with Gasteiger partial charge in [0.05, 0.1) is 5.25 Å². The van der Waals surface area contributed by atoms with Crippen molar-refractivity contribution in [1.29, 1.82) is 0 Å². The van der Waals surface area contributed by atoms with Gasteiger partial charge in [-0.05, 0) is 38.5 Å². The normalized spacial score (nSPS) is 33.9. The van der Waals surface area contributed by atoms with Crippen LogP contribution in [0.25, 0.3) is 0 Å². The maximum Gasteiger partial charge on any atom is 0.217 e.